The van der Waals surface area contributed by atoms with Gasteiger partial charge in [0.25, 0.3) is 0 Å². The molecule has 0 amide bonds. The number of alkyl halides is 3. The number of piperidine rings is 1. The highest BCUT2D eigenvalue weighted by Gasteiger charge is 2.32. The van der Waals surface area contributed by atoms with E-state index in [9.17, 15) is 18.0 Å². The third-order valence-electron chi connectivity index (χ3n) is 3.50. The lowest BCUT2D eigenvalue weighted by Gasteiger charge is -2.36. The molecule has 19 heavy (non-hydrogen) atoms. The van der Waals surface area contributed by atoms with E-state index < -0.39 is 11.7 Å². The summed E-state index contributed by atoms with van der Waals surface area (Å²) in [5.74, 6) is 5.87. The second kappa shape index (κ2) is 5.30. The Bertz CT molecular complexity index is 444. The second-order valence-electron chi connectivity index (χ2n) is 4.72. The predicted molar refractivity (Wildman–Crippen MR) is 63.9 cm³/mol. The Balaban J connectivity index is 2.20. The van der Waals surface area contributed by atoms with Gasteiger partial charge in [0.1, 0.15) is 6.29 Å². The number of halogens is 3. The normalized spacial score (nSPS) is 25.3. The Hall–Kier alpha value is -1.40. The lowest BCUT2D eigenvalue weighted by Crippen LogP contribution is -2.47. The molecule has 1 aromatic rings. The highest BCUT2D eigenvalue weighted by molar-refractivity contribution is 5.57. The number of hydrazine groups is 1. The molecule has 1 aliphatic rings. The molecule has 1 saturated heterocycles. The second-order valence-corrected chi connectivity index (χ2v) is 4.72. The van der Waals surface area contributed by atoms with Crippen molar-refractivity contribution >= 4 is 6.29 Å². The molecule has 1 fully saturated rings. The number of hydrogen-bond donors (Lipinski definition) is 1. The fourth-order valence-electron chi connectivity index (χ4n) is 2.42. The van der Waals surface area contributed by atoms with Crippen LogP contribution >= 0.6 is 0 Å². The molecule has 0 spiro atoms. The van der Waals surface area contributed by atoms with Crippen LogP contribution in [0.3, 0.4) is 0 Å². The minimum Gasteiger partial charge on any atom is -0.302 e. The smallest absolute Gasteiger partial charge is 0.302 e. The van der Waals surface area contributed by atoms with Gasteiger partial charge in [-0.3, -0.25) is 5.84 Å². The topological polar surface area (TPSA) is 46.3 Å². The number of nitrogens with zero attached hydrogens (tertiary/aromatic N) is 1. The van der Waals surface area contributed by atoms with Crippen LogP contribution < -0.4 is 5.84 Å². The Morgan fingerprint density at radius 2 is 1.84 bits per heavy atom. The summed E-state index contributed by atoms with van der Waals surface area (Å²) in [6, 6.07) is 4.40. The van der Waals surface area contributed by atoms with Gasteiger partial charge < -0.3 is 4.79 Å². The molecular weight excluding hydrogens is 257 g/mol. The van der Waals surface area contributed by atoms with Gasteiger partial charge in [0.05, 0.1) is 11.6 Å². The molecule has 2 unspecified atom stereocenters. The molecule has 104 valence electrons. The van der Waals surface area contributed by atoms with Crippen molar-refractivity contribution in [2.24, 2.45) is 5.84 Å². The van der Waals surface area contributed by atoms with E-state index in [1.807, 2.05) is 0 Å². The maximum absolute atomic E-state index is 12.5. The van der Waals surface area contributed by atoms with E-state index in [1.165, 1.54) is 17.1 Å². The molecule has 2 rings (SSSR count). The van der Waals surface area contributed by atoms with E-state index in [0.717, 1.165) is 31.3 Å². The van der Waals surface area contributed by atoms with Crippen LogP contribution in [0.1, 0.15) is 36.4 Å². The first-order valence-electron chi connectivity index (χ1n) is 6.09. The van der Waals surface area contributed by atoms with E-state index in [4.69, 9.17) is 5.84 Å². The van der Waals surface area contributed by atoms with Crippen molar-refractivity contribution in [1.29, 1.82) is 0 Å². The molecule has 2 N–H and O–H groups in total. The highest BCUT2D eigenvalue weighted by Crippen LogP contribution is 2.34. The number of carbonyl (C=O) groups is 1. The number of aldehydes is 1. The first-order valence-corrected chi connectivity index (χ1v) is 6.09. The Kier molecular flexibility index (Phi) is 3.91. The van der Waals surface area contributed by atoms with Crippen LogP contribution in [-0.4, -0.2) is 17.3 Å². The van der Waals surface area contributed by atoms with Crippen molar-refractivity contribution in [3.05, 3.63) is 35.4 Å². The van der Waals surface area contributed by atoms with E-state index in [2.05, 4.69) is 0 Å². The number of hydrogen-bond acceptors (Lipinski definition) is 3. The van der Waals surface area contributed by atoms with Crippen LogP contribution in [-0.2, 0) is 11.0 Å². The number of benzene rings is 1. The van der Waals surface area contributed by atoms with Gasteiger partial charge in [-0.15, -0.1) is 0 Å². The van der Waals surface area contributed by atoms with Crippen molar-refractivity contribution in [1.82, 2.24) is 5.01 Å². The minimum absolute atomic E-state index is 0.203. The van der Waals surface area contributed by atoms with Crippen molar-refractivity contribution < 1.29 is 18.0 Å². The molecule has 0 aliphatic carbocycles. The zero-order valence-electron chi connectivity index (χ0n) is 10.2. The van der Waals surface area contributed by atoms with Gasteiger partial charge in [-0.1, -0.05) is 12.1 Å². The third-order valence-corrected chi connectivity index (χ3v) is 3.50. The molecule has 3 nitrogen and oxygen atoms in total. The Morgan fingerprint density at radius 3 is 2.37 bits per heavy atom. The lowest BCUT2D eigenvalue weighted by molar-refractivity contribution is -0.137. The molecule has 0 aromatic heterocycles. The summed E-state index contributed by atoms with van der Waals surface area (Å²) in [5, 5.41) is 1.44. The molecule has 1 aliphatic heterocycles. The van der Waals surface area contributed by atoms with E-state index in [-0.39, 0.29) is 12.1 Å². The summed E-state index contributed by atoms with van der Waals surface area (Å²) in [6.45, 7) is 0. The molecule has 0 radical (unpaired) electrons. The average molecular weight is 272 g/mol. The lowest BCUT2D eigenvalue weighted by atomic mass is 9.92. The number of carbonyl (C=O) groups excluding carboxylic acids is 1. The van der Waals surface area contributed by atoms with Crippen LogP contribution in [0.2, 0.25) is 0 Å². The molecule has 0 bridgehead atoms. The summed E-state index contributed by atoms with van der Waals surface area (Å²) in [6.07, 6.45) is -1.28. The van der Waals surface area contributed by atoms with Crippen molar-refractivity contribution in [2.45, 2.75) is 37.5 Å². The van der Waals surface area contributed by atoms with Crippen LogP contribution in [0.15, 0.2) is 24.3 Å². The monoisotopic (exact) mass is 272 g/mol. The van der Waals surface area contributed by atoms with E-state index >= 15 is 0 Å². The fourth-order valence-corrected chi connectivity index (χ4v) is 2.42. The largest absolute Gasteiger partial charge is 0.416 e. The van der Waals surface area contributed by atoms with Gasteiger partial charge in [-0.05, 0) is 37.0 Å². The quantitative estimate of drug-likeness (QED) is 0.665. The molecule has 1 aromatic carbocycles. The minimum atomic E-state index is -4.33. The van der Waals surface area contributed by atoms with Gasteiger partial charge >= 0.3 is 6.18 Å². The maximum atomic E-state index is 12.5. The molecule has 0 saturated carbocycles. The van der Waals surface area contributed by atoms with Gasteiger partial charge in [-0.25, -0.2) is 5.01 Å². The molecule has 2 atom stereocenters. The Labute approximate surface area is 109 Å². The third kappa shape index (κ3) is 2.96. The van der Waals surface area contributed by atoms with Crippen LogP contribution in [0, 0.1) is 0 Å². The van der Waals surface area contributed by atoms with Crippen molar-refractivity contribution in [3.8, 4) is 0 Å². The van der Waals surface area contributed by atoms with Gasteiger partial charge in [-0.2, -0.15) is 13.2 Å². The average Bonchev–Trinajstić information content (AvgIpc) is 2.38. The van der Waals surface area contributed by atoms with Gasteiger partial charge in [0.15, 0.2) is 0 Å². The first-order chi connectivity index (χ1) is 8.93. The maximum Gasteiger partial charge on any atom is 0.416 e. The summed E-state index contributed by atoms with van der Waals surface area (Å²) < 4.78 is 37.4. The van der Waals surface area contributed by atoms with Crippen LogP contribution in [0.5, 0.6) is 0 Å². The predicted octanol–water partition coefficient (Wildman–Crippen LogP) is 2.67. The zero-order chi connectivity index (χ0) is 14.0. The van der Waals surface area contributed by atoms with Crippen LogP contribution in [0.4, 0.5) is 13.2 Å². The van der Waals surface area contributed by atoms with Crippen molar-refractivity contribution in [3.63, 3.8) is 0 Å². The van der Waals surface area contributed by atoms with Gasteiger partial charge in [0, 0.05) is 6.04 Å². The van der Waals surface area contributed by atoms with Crippen LogP contribution in [0.25, 0.3) is 0 Å². The van der Waals surface area contributed by atoms with Crippen molar-refractivity contribution in [2.75, 3.05) is 0 Å². The number of nitrogens with two attached hydrogens (primary N) is 1. The Morgan fingerprint density at radius 1 is 1.21 bits per heavy atom. The van der Waals surface area contributed by atoms with E-state index in [0.29, 0.717) is 12.0 Å². The highest BCUT2D eigenvalue weighted by atomic mass is 19.4. The summed E-state index contributed by atoms with van der Waals surface area (Å²) >= 11 is 0. The van der Waals surface area contributed by atoms with Gasteiger partial charge in [0.2, 0.25) is 0 Å². The summed E-state index contributed by atoms with van der Waals surface area (Å²) in [4.78, 5) is 10.9. The van der Waals surface area contributed by atoms with E-state index in [1.54, 1.807) is 0 Å². The summed E-state index contributed by atoms with van der Waals surface area (Å²) in [7, 11) is 0. The standard InChI is InChI=1S/C13H15F3N2O/c14-13(15,16)10-6-4-9(5-7-10)12-3-1-2-11(8-19)18(12)17/h4-8,11-12H,1-3,17H2. The molecular formula is C13H15F3N2O. The number of rotatable bonds is 2. The summed E-state index contributed by atoms with van der Waals surface area (Å²) in [5.41, 5.74) is 0.0321. The first kappa shape index (κ1) is 14.0. The fraction of sp³-hybridized carbons (Fsp3) is 0.462. The molecule has 6 heteroatoms. The molecule has 1 heterocycles. The zero-order valence-corrected chi connectivity index (χ0v) is 10.2. The SMILES string of the molecule is NN1C(C=O)CCCC1c1ccc(C(F)(F)F)cc1.